The Morgan fingerprint density at radius 3 is 2.37 bits per heavy atom. The summed E-state index contributed by atoms with van der Waals surface area (Å²) < 4.78 is 0. The number of nitrogens with one attached hydrogen (secondary N) is 2. The zero-order chi connectivity index (χ0) is 13.7. The highest BCUT2D eigenvalue weighted by atomic mass is 16.2. The first kappa shape index (κ1) is 14.1. The molecular formula is C16H25N2O+. The van der Waals surface area contributed by atoms with Gasteiger partial charge in [0.25, 0.3) is 5.91 Å². The molecule has 1 fully saturated rings. The monoisotopic (exact) mass is 261 g/mol. The SMILES string of the molecule is C[C@H](C(=O)N[C@H](C)c1ccccc1)[NH+]1CCCCC1. The van der Waals surface area contributed by atoms with E-state index < -0.39 is 0 Å². The summed E-state index contributed by atoms with van der Waals surface area (Å²) in [6, 6.07) is 10.3. The van der Waals surface area contributed by atoms with Gasteiger partial charge >= 0.3 is 0 Å². The second-order valence-electron chi connectivity index (χ2n) is 5.58. The van der Waals surface area contributed by atoms with Crippen molar-refractivity contribution < 1.29 is 9.69 Å². The van der Waals surface area contributed by atoms with Crippen molar-refractivity contribution in [2.75, 3.05) is 13.1 Å². The molecule has 1 aliphatic heterocycles. The molecule has 0 radical (unpaired) electrons. The van der Waals surface area contributed by atoms with E-state index in [2.05, 4.69) is 17.4 Å². The number of hydrogen-bond donors (Lipinski definition) is 2. The Bertz CT molecular complexity index is 398. The number of rotatable bonds is 4. The highest BCUT2D eigenvalue weighted by Crippen LogP contribution is 2.10. The summed E-state index contributed by atoms with van der Waals surface area (Å²) in [6.45, 7) is 6.36. The lowest BCUT2D eigenvalue weighted by Crippen LogP contribution is -3.17. The van der Waals surface area contributed by atoms with Gasteiger partial charge in [-0.15, -0.1) is 0 Å². The van der Waals surface area contributed by atoms with Crippen LogP contribution in [0.3, 0.4) is 0 Å². The van der Waals surface area contributed by atoms with Crippen molar-refractivity contribution in [2.45, 2.75) is 45.2 Å². The Kier molecular flexibility index (Phi) is 4.97. The van der Waals surface area contributed by atoms with Gasteiger partial charge in [0.2, 0.25) is 0 Å². The second-order valence-corrected chi connectivity index (χ2v) is 5.58. The molecule has 0 bridgehead atoms. The normalized spacial score (nSPS) is 19.7. The third-order valence-corrected chi connectivity index (χ3v) is 4.16. The Balaban J connectivity index is 1.89. The highest BCUT2D eigenvalue weighted by molar-refractivity contribution is 5.80. The van der Waals surface area contributed by atoms with Gasteiger partial charge in [0.15, 0.2) is 6.04 Å². The van der Waals surface area contributed by atoms with E-state index in [4.69, 9.17) is 0 Å². The molecule has 1 aliphatic rings. The zero-order valence-corrected chi connectivity index (χ0v) is 12.0. The third kappa shape index (κ3) is 3.80. The van der Waals surface area contributed by atoms with Gasteiger partial charge in [0.1, 0.15) is 0 Å². The van der Waals surface area contributed by atoms with E-state index in [1.807, 2.05) is 32.0 Å². The standard InChI is InChI=1S/C16H24N2O/c1-13(15-9-5-3-6-10-15)17-16(19)14(2)18-11-7-4-8-12-18/h3,5-6,9-10,13-14H,4,7-8,11-12H2,1-2H3,(H,17,19)/p+1/t13-,14-/m1/s1. The molecule has 104 valence electrons. The van der Waals surface area contributed by atoms with Crippen LogP contribution in [-0.4, -0.2) is 25.0 Å². The molecule has 1 heterocycles. The predicted octanol–water partition coefficient (Wildman–Crippen LogP) is 1.32. The minimum atomic E-state index is 0.0615. The van der Waals surface area contributed by atoms with Crippen LogP contribution in [0, 0.1) is 0 Å². The van der Waals surface area contributed by atoms with Crippen molar-refractivity contribution in [2.24, 2.45) is 0 Å². The molecule has 19 heavy (non-hydrogen) atoms. The van der Waals surface area contributed by atoms with Gasteiger partial charge in [-0.2, -0.15) is 0 Å². The molecule has 0 saturated carbocycles. The quantitative estimate of drug-likeness (QED) is 0.842. The van der Waals surface area contributed by atoms with E-state index >= 15 is 0 Å². The Morgan fingerprint density at radius 2 is 1.74 bits per heavy atom. The molecule has 0 aromatic heterocycles. The molecule has 3 nitrogen and oxygen atoms in total. The van der Waals surface area contributed by atoms with Crippen LogP contribution in [0.15, 0.2) is 30.3 Å². The maximum Gasteiger partial charge on any atom is 0.278 e. The van der Waals surface area contributed by atoms with Crippen molar-refractivity contribution in [3.8, 4) is 0 Å². The van der Waals surface area contributed by atoms with Crippen molar-refractivity contribution >= 4 is 5.91 Å². The summed E-state index contributed by atoms with van der Waals surface area (Å²) in [5.41, 5.74) is 1.16. The minimum absolute atomic E-state index is 0.0615. The maximum atomic E-state index is 12.3. The predicted molar refractivity (Wildman–Crippen MR) is 77.0 cm³/mol. The summed E-state index contributed by atoms with van der Waals surface area (Å²) in [5, 5.41) is 3.13. The lowest BCUT2D eigenvalue weighted by atomic mass is 10.1. The summed E-state index contributed by atoms with van der Waals surface area (Å²) >= 11 is 0. The fraction of sp³-hybridized carbons (Fsp3) is 0.562. The summed E-state index contributed by atoms with van der Waals surface area (Å²) in [6.07, 6.45) is 3.82. The van der Waals surface area contributed by atoms with Gasteiger partial charge in [-0.3, -0.25) is 4.79 Å². The molecule has 0 unspecified atom stereocenters. The first-order chi connectivity index (χ1) is 9.18. The van der Waals surface area contributed by atoms with Crippen LogP contribution in [0.4, 0.5) is 0 Å². The van der Waals surface area contributed by atoms with Crippen LogP contribution in [0.2, 0.25) is 0 Å². The summed E-state index contributed by atoms with van der Waals surface area (Å²) in [7, 11) is 0. The first-order valence-corrected chi connectivity index (χ1v) is 7.38. The fourth-order valence-electron chi connectivity index (χ4n) is 2.79. The van der Waals surface area contributed by atoms with E-state index in [-0.39, 0.29) is 18.0 Å². The highest BCUT2D eigenvalue weighted by Gasteiger charge is 2.27. The number of benzene rings is 1. The van der Waals surface area contributed by atoms with Gasteiger partial charge in [-0.25, -0.2) is 0 Å². The van der Waals surface area contributed by atoms with Gasteiger partial charge in [0.05, 0.1) is 19.1 Å². The average Bonchev–Trinajstić information content (AvgIpc) is 2.48. The number of amides is 1. The molecule has 2 N–H and O–H groups in total. The second kappa shape index (κ2) is 6.71. The Hall–Kier alpha value is -1.35. The molecule has 1 amide bonds. The molecule has 0 spiro atoms. The molecule has 1 saturated heterocycles. The minimum Gasteiger partial charge on any atom is -0.344 e. The molecule has 2 atom stereocenters. The van der Waals surface area contributed by atoms with Crippen molar-refractivity contribution in [3.63, 3.8) is 0 Å². The van der Waals surface area contributed by atoms with Gasteiger partial charge in [-0.05, 0) is 38.7 Å². The van der Waals surface area contributed by atoms with Crippen LogP contribution in [0.1, 0.15) is 44.7 Å². The fourth-order valence-corrected chi connectivity index (χ4v) is 2.79. The number of piperidine rings is 1. The Labute approximate surface area is 116 Å². The zero-order valence-electron chi connectivity index (χ0n) is 12.0. The van der Waals surface area contributed by atoms with E-state index in [1.165, 1.54) is 24.2 Å². The van der Waals surface area contributed by atoms with E-state index in [9.17, 15) is 4.79 Å². The van der Waals surface area contributed by atoms with Crippen LogP contribution >= 0.6 is 0 Å². The van der Waals surface area contributed by atoms with Crippen molar-refractivity contribution in [1.29, 1.82) is 0 Å². The van der Waals surface area contributed by atoms with E-state index in [0.29, 0.717) is 0 Å². The molecule has 1 aromatic carbocycles. The van der Waals surface area contributed by atoms with Gasteiger partial charge < -0.3 is 10.2 Å². The largest absolute Gasteiger partial charge is 0.344 e. The number of quaternary nitrogens is 1. The van der Waals surface area contributed by atoms with Crippen LogP contribution in [0.5, 0.6) is 0 Å². The Morgan fingerprint density at radius 1 is 1.11 bits per heavy atom. The number of likely N-dealkylation sites (tertiary alicyclic amines) is 1. The molecule has 0 aliphatic carbocycles. The van der Waals surface area contributed by atoms with Crippen molar-refractivity contribution in [1.82, 2.24) is 5.32 Å². The van der Waals surface area contributed by atoms with Gasteiger partial charge in [-0.1, -0.05) is 30.3 Å². The lowest BCUT2D eigenvalue weighted by Gasteiger charge is -2.29. The first-order valence-electron chi connectivity index (χ1n) is 7.38. The molecular weight excluding hydrogens is 236 g/mol. The molecule has 1 aromatic rings. The number of carbonyl (C=O) groups excluding carboxylic acids is 1. The van der Waals surface area contributed by atoms with Crippen LogP contribution < -0.4 is 10.2 Å². The van der Waals surface area contributed by atoms with E-state index in [0.717, 1.165) is 18.7 Å². The van der Waals surface area contributed by atoms with E-state index in [1.54, 1.807) is 0 Å². The maximum absolute atomic E-state index is 12.3. The molecule has 2 rings (SSSR count). The van der Waals surface area contributed by atoms with Crippen LogP contribution in [0.25, 0.3) is 0 Å². The van der Waals surface area contributed by atoms with Crippen LogP contribution in [-0.2, 0) is 4.79 Å². The van der Waals surface area contributed by atoms with Crippen molar-refractivity contribution in [3.05, 3.63) is 35.9 Å². The third-order valence-electron chi connectivity index (χ3n) is 4.16. The lowest BCUT2D eigenvalue weighted by molar-refractivity contribution is -0.918. The molecule has 3 heteroatoms. The van der Waals surface area contributed by atoms with Gasteiger partial charge in [0, 0.05) is 0 Å². The number of hydrogen-bond acceptors (Lipinski definition) is 1. The smallest absolute Gasteiger partial charge is 0.278 e. The topological polar surface area (TPSA) is 33.5 Å². The average molecular weight is 261 g/mol. The number of carbonyl (C=O) groups is 1. The summed E-state index contributed by atoms with van der Waals surface area (Å²) in [5.74, 6) is 0.174. The summed E-state index contributed by atoms with van der Waals surface area (Å²) in [4.78, 5) is 13.7.